The van der Waals surface area contributed by atoms with Gasteiger partial charge in [-0.1, -0.05) is 25.6 Å². The molecular weight excluding hydrogens is 348 g/mol. The number of fused-ring (bicyclic) bond motifs is 1. The van der Waals surface area contributed by atoms with Crippen LogP contribution in [0.4, 0.5) is 5.82 Å². The van der Waals surface area contributed by atoms with Gasteiger partial charge in [-0.15, -0.1) is 0 Å². The van der Waals surface area contributed by atoms with Crippen LogP contribution in [-0.4, -0.2) is 51.0 Å². The van der Waals surface area contributed by atoms with Gasteiger partial charge in [0.05, 0.1) is 18.1 Å². The van der Waals surface area contributed by atoms with Gasteiger partial charge in [0.2, 0.25) is 5.91 Å². The van der Waals surface area contributed by atoms with E-state index in [1.54, 1.807) is 11.8 Å². The number of nitrogens with one attached hydrogen (secondary N) is 1. The second-order valence-electron chi connectivity index (χ2n) is 6.52. The lowest BCUT2D eigenvalue weighted by Gasteiger charge is -2.28. The van der Waals surface area contributed by atoms with E-state index in [1.165, 1.54) is 19.3 Å². The smallest absolute Gasteiger partial charge is 0.220 e. The van der Waals surface area contributed by atoms with Gasteiger partial charge in [-0.2, -0.15) is 5.10 Å². The van der Waals surface area contributed by atoms with Gasteiger partial charge < -0.3 is 10.2 Å². The maximum atomic E-state index is 11.7. The van der Waals surface area contributed by atoms with Gasteiger partial charge in [-0.05, 0) is 31.4 Å². The monoisotopic (exact) mass is 376 g/mol. The van der Waals surface area contributed by atoms with Crippen molar-refractivity contribution in [3.8, 4) is 0 Å². The number of hydrogen-bond donors (Lipinski definition) is 1. The highest BCUT2D eigenvalue weighted by Crippen LogP contribution is 2.29. The second kappa shape index (κ2) is 9.21. The Labute approximate surface area is 158 Å². The molecule has 0 aromatic carbocycles. The number of anilines is 1. The predicted molar refractivity (Wildman–Crippen MR) is 106 cm³/mol. The highest BCUT2D eigenvalue weighted by atomic mass is 32.2. The van der Waals surface area contributed by atoms with Crippen LogP contribution in [-0.2, 0) is 11.3 Å². The largest absolute Gasteiger partial charge is 0.356 e. The minimum Gasteiger partial charge on any atom is -0.356 e. The molecule has 0 saturated carbocycles. The van der Waals surface area contributed by atoms with Crippen LogP contribution in [0.1, 0.15) is 46.0 Å². The minimum atomic E-state index is 0.0924. The summed E-state index contributed by atoms with van der Waals surface area (Å²) in [6.07, 6.45) is 7.00. The molecule has 8 heteroatoms. The van der Waals surface area contributed by atoms with Crippen LogP contribution < -0.4 is 10.2 Å². The molecule has 3 rings (SSSR count). The van der Waals surface area contributed by atoms with Crippen molar-refractivity contribution in [1.82, 2.24) is 25.1 Å². The first kappa shape index (κ1) is 18.9. The van der Waals surface area contributed by atoms with Crippen LogP contribution >= 0.6 is 11.8 Å². The van der Waals surface area contributed by atoms with Gasteiger partial charge in [0.25, 0.3) is 0 Å². The van der Waals surface area contributed by atoms with Crippen molar-refractivity contribution < 1.29 is 4.79 Å². The molecule has 0 radical (unpaired) electrons. The van der Waals surface area contributed by atoms with E-state index in [-0.39, 0.29) is 5.91 Å². The number of rotatable bonds is 8. The average Bonchev–Trinajstić information content (AvgIpc) is 3.05. The van der Waals surface area contributed by atoms with E-state index in [2.05, 4.69) is 22.2 Å². The Balaban J connectivity index is 1.83. The lowest BCUT2D eigenvalue weighted by atomic mass is 10.1. The molecule has 1 saturated heterocycles. The number of nitrogens with zero attached hydrogens (tertiary/aromatic N) is 5. The summed E-state index contributed by atoms with van der Waals surface area (Å²) in [6, 6.07) is 0. The molecular formula is C18H28N6OS. The molecule has 0 atom stereocenters. The van der Waals surface area contributed by atoms with Gasteiger partial charge >= 0.3 is 0 Å². The van der Waals surface area contributed by atoms with Crippen molar-refractivity contribution in [2.75, 3.05) is 30.3 Å². The van der Waals surface area contributed by atoms with Crippen LogP contribution in [0.2, 0.25) is 0 Å². The standard InChI is InChI=1S/C18H28N6OS/c1-3-8-15(25)19-9-12-24-17-14(13-20-24)16(21-18(22-17)26-4-2)23-10-6-5-7-11-23/h13H,3-12H2,1-2H3,(H,19,25). The number of carbonyl (C=O) groups is 1. The van der Waals surface area contributed by atoms with Gasteiger partial charge in [0.1, 0.15) is 5.82 Å². The van der Waals surface area contributed by atoms with E-state index >= 15 is 0 Å². The molecule has 1 amide bonds. The summed E-state index contributed by atoms with van der Waals surface area (Å²) in [6.45, 7) is 7.38. The Morgan fingerprint density at radius 1 is 1.23 bits per heavy atom. The first-order valence-corrected chi connectivity index (χ1v) is 10.6. The van der Waals surface area contributed by atoms with E-state index in [0.717, 1.165) is 47.3 Å². The third kappa shape index (κ3) is 4.47. The topological polar surface area (TPSA) is 75.9 Å². The first-order chi connectivity index (χ1) is 12.7. The van der Waals surface area contributed by atoms with Crippen LogP contribution in [0, 0.1) is 0 Å². The van der Waals surface area contributed by atoms with Crippen molar-refractivity contribution in [3.63, 3.8) is 0 Å². The molecule has 0 spiro atoms. The lowest BCUT2D eigenvalue weighted by Crippen LogP contribution is -2.30. The maximum Gasteiger partial charge on any atom is 0.220 e. The van der Waals surface area contributed by atoms with Crippen molar-refractivity contribution in [2.45, 2.75) is 57.7 Å². The van der Waals surface area contributed by atoms with Crippen LogP contribution in [0.3, 0.4) is 0 Å². The second-order valence-corrected chi connectivity index (χ2v) is 7.75. The zero-order valence-corrected chi connectivity index (χ0v) is 16.5. The number of hydrogen-bond acceptors (Lipinski definition) is 6. The zero-order chi connectivity index (χ0) is 18.4. The van der Waals surface area contributed by atoms with E-state index in [1.807, 2.05) is 17.8 Å². The molecule has 0 aliphatic carbocycles. The molecule has 1 aliphatic rings. The van der Waals surface area contributed by atoms with Crippen LogP contribution in [0.5, 0.6) is 0 Å². The van der Waals surface area contributed by atoms with Gasteiger partial charge in [0, 0.05) is 26.1 Å². The van der Waals surface area contributed by atoms with Crippen molar-refractivity contribution in [3.05, 3.63) is 6.20 Å². The molecule has 142 valence electrons. The fourth-order valence-corrected chi connectivity index (χ4v) is 3.80. The van der Waals surface area contributed by atoms with E-state index < -0.39 is 0 Å². The molecule has 2 aromatic rings. The molecule has 0 unspecified atom stereocenters. The molecule has 0 bridgehead atoms. The summed E-state index contributed by atoms with van der Waals surface area (Å²) in [5.41, 5.74) is 0.862. The SMILES string of the molecule is CCCC(=O)NCCn1ncc2c(N3CCCCC3)nc(SCC)nc21. The van der Waals surface area contributed by atoms with E-state index in [9.17, 15) is 4.79 Å². The average molecular weight is 377 g/mol. The fraction of sp³-hybridized carbons (Fsp3) is 0.667. The highest BCUT2D eigenvalue weighted by Gasteiger charge is 2.19. The maximum absolute atomic E-state index is 11.7. The quantitative estimate of drug-likeness (QED) is 0.564. The fourth-order valence-electron chi connectivity index (χ4n) is 3.24. The Kier molecular flexibility index (Phi) is 6.71. The number of aromatic nitrogens is 4. The van der Waals surface area contributed by atoms with Crippen molar-refractivity contribution in [2.24, 2.45) is 0 Å². The Morgan fingerprint density at radius 2 is 2.04 bits per heavy atom. The van der Waals surface area contributed by atoms with Gasteiger partial charge in [-0.3, -0.25) is 4.79 Å². The number of piperidine rings is 1. The number of amides is 1. The Morgan fingerprint density at radius 3 is 2.77 bits per heavy atom. The zero-order valence-electron chi connectivity index (χ0n) is 15.7. The number of carbonyl (C=O) groups excluding carboxylic acids is 1. The molecule has 1 N–H and O–H groups in total. The third-order valence-electron chi connectivity index (χ3n) is 4.51. The Bertz CT molecular complexity index is 741. The summed E-state index contributed by atoms with van der Waals surface area (Å²) in [5.74, 6) is 2.04. The summed E-state index contributed by atoms with van der Waals surface area (Å²) < 4.78 is 1.89. The third-order valence-corrected chi connectivity index (χ3v) is 5.24. The molecule has 2 aromatic heterocycles. The highest BCUT2D eigenvalue weighted by molar-refractivity contribution is 7.99. The van der Waals surface area contributed by atoms with Crippen molar-refractivity contribution >= 4 is 34.5 Å². The summed E-state index contributed by atoms with van der Waals surface area (Å²) >= 11 is 1.66. The van der Waals surface area contributed by atoms with E-state index in [4.69, 9.17) is 9.97 Å². The van der Waals surface area contributed by atoms with E-state index in [0.29, 0.717) is 19.5 Å². The summed E-state index contributed by atoms with van der Waals surface area (Å²) in [4.78, 5) is 23.6. The van der Waals surface area contributed by atoms with Gasteiger partial charge in [0.15, 0.2) is 10.8 Å². The molecule has 1 aliphatic heterocycles. The number of thioether (sulfide) groups is 1. The van der Waals surface area contributed by atoms with Crippen LogP contribution in [0.15, 0.2) is 11.4 Å². The molecule has 1 fully saturated rings. The first-order valence-electron chi connectivity index (χ1n) is 9.61. The minimum absolute atomic E-state index is 0.0924. The van der Waals surface area contributed by atoms with Crippen molar-refractivity contribution in [1.29, 1.82) is 0 Å². The predicted octanol–water partition coefficient (Wildman–Crippen LogP) is 2.84. The molecule has 3 heterocycles. The molecule has 7 nitrogen and oxygen atoms in total. The van der Waals surface area contributed by atoms with Gasteiger partial charge in [-0.25, -0.2) is 14.6 Å². The molecule has 26 heavy (non-hydrogen) atoms. The summed E-state index contributed by atoms with van der Waals surface area (Å²) in [5, 5.41) is 9.28. The normalized spacial score (nSPS) is 14.8. The summed E-state index contributed by atoms with van der Waals surface area (Å²) in [7, 11) is 0. The lowest BCUT2D eigenvalue weighted by molar-refractivity contribution is -0.121. The Hall–Kier alpha value is -1.83. The van der Waals surface area contributed by atoms with Crippen LogP contribution in [0.25, 0.3) is 11.0 Å².